The highest BCUT2D eigenvalue weighted by Gasteiger charge is 2.50. The van der Waals surface area contributed by atoms with Crippen LogP contribution in [0.4, 0.5) is 4.39 Å². The van der Waals surface area contributed by atoms with Gasteiger partial charge in [-0.2, -0.15) is 0 Å². The van der Waals surface area contributed by atoms with Crippen LogP contribution in [-0.4, -0.2) is 33.2 Å². The normalized spacial score (nSPS) is 35.8. The van der Waals surface area contributed by atoms with E-state index in [4.69, 9.17) is 22.4 Å². The molecule has 12 heteroatoms. The number of para-hydroxylation sites is 1. The number of H-pyrrole nitrogens is 1. The Kier molecular flexibility index (Phi) is 4.09. The average Bonchev–Trinajstić information content (AvgIpc) is 2.94. The van der Waals surface area contributed by atoms with Gasteiger partial charge in [-0.05, 0) is 13.0 Å². The summed E-state index contributed by atoms with van der Waals surface area (Å²) >= 11 is 0. The van der Waals surface area contributed by atoms with Gasteiger partial charge in [-0.15, -0.1) is 0 Å². The summed E-state index contributed by atoms with van der Waals surface area (Å²) in [5.74, 6) is -3.47. The monoisotopic (exact) mass is 431 g/mol. The van der Waals surface area contributed by atoms with E-state index < -0.39 is 50.2 Å². The summed E-state index contributed by atoms with van der Waals surface area (Å²) in [6.07, 6.45) is -5.26. The Labute approximate surface area is 167 Å². The van der Waals surface area contributed by atoms with Crippen molar-refractivity contribution in [3.05, 3.63) is 62.4 Å². The van der Waals surface area contributed by atoms with Crippen molar-refractivity contribution < 1.29 is 36.5 Å². The Balaban J connectivity index is 1.63. The minimum absolute atomic E-state index is 0.0465. The SMILES string of the molecule is [2H]C([2H])(OP1(=O)OCc2ccccc2O1)[C@]1(F)C[C@@H](O)[C@]([2H])(n2cc(C)c(=O)[nH]c2=O)O1. The molecule has 156 valence electrons. The third-order valence-corrected chi connectivity index (χ3v) is 5.42. The van der Waals surface area contributed by atoms with Crippen LogP contribution in [0.5, 0.6) is 5.75 Å². The van der Waals surface area contributed by atoms with Crippen LogP contribution in [-0.2, 0) is 25.0 Å². The van der Waals surface area contributed by atoms with Crippen LogP contribution in [0.25, 0.3) is 0 Å². The number of hydrogen-bond acceptors (Lipinski definition) is 8. The third kappa shape index (κ3) is 3.92. The van der Waals surface area contributed by atoms with E-state index in [-0.39, 0.29) is 17.9 Å². The number of rotatable bonds is 4. The lowest BCUT2D eigenvalue weighted by atomic mass is 10.2. The Bertz CT molecular complexity index is 1240. The topological polar surface area (TPSA) is 129 Å². The fourth-order valence-corrected chi connectivity index (χ4v) is 3.90. The van der Waals surface area contributed by atoms with Gasteiger partial charge in [-0.3, -0.25) is 23.4 Å². The van der Waals surface area contributed by atoms with Gasteiger partial charge in [0, 0.05) is 23.7 Å². The molecule has 1 aromatic heterocycles. The number of aromatic amines is 1. The van der Waals surface area contributed by atoms with Gasteiger partial charge in [0.05, 0.1) is 10.7 Å². The molecule has 1 unspecified atom stereocenters. The molecule has 1 fully saturated rings. The zero-order valence-corrected chi connectivity index (χ0v) is 15.9. The van der Waals surface area contributed by atoms with Gasteiger partial charge in [0.1, 0.15) is 18.4 Å². The molecule has 1 aromatic carbocycles. The summed E-state index contributed by atoms with van der Waals surface area (Å²) in [5, 5.41) is 10.3. The maximum absolute atomic E-state index is 15.6. The maximum atomic E-state index is 15.6. The number of aliphatic hydroxyl groups is 1. The highest BCUT2D eigenvalue weighted by atomic mass is 31.2. The number of halogens is 1. The van der Waals surface area contributed by atoms with Gasteiger partial charge in [-0.1, -0.05) is 18.2 Å². The molecule has 10 nitrogen and oxygen atoms in total. The number of phosphoric acid groups is 1. The van der Waals surface area contributed by atoms with Crippen molar-refractivity contribution in [3.8, 4) is 5.75 Å². The zero-order chi connectivity index (χ0) is 23.5. The number of aryl methyl sites for hydroxylation is 1. The standard InChI is InChI=1S/C17H18FN2O8P/c1-10-7-20(16(23)19-14(10)22)15-12(21)6-17(18,27-15)9-26-29(24)25-8-11-4-2-3-5-13(11)28-29/h2-5,7,12,15,21H,6,8-9H2,1H3,(H,19,22,23)/t12-,15-,17+,29?/m1/s1/i9D2,15D. The number of hydrogen-bond donors (Lipinski definition) is 2. The quantitative estimate of drug-likeness (QED) is 0.698. The first-order valence-electron chi connectivity index (χ1n) is 9.92. The molecule has 4 rings (SSSR count). The van der Waals surface area contributed by atoms with E-state index >= 15 is 4.39 Å². The molecule has 29 heavy (non-hydrogen) atoms. The summed E-state index contributed by atoms with van der Waals surface area (Å²) in [6.45, 7) is -2.52. The fourth-order valence-electron chi connectivity index (χ4n) is 2.79. The lowest BCUT2D eigenvalue weighted by molar-refractivity contribution is -0.179. The van der Waals surface area contributed by atoms with E-state index in [1.54, 1.807) is 18.2 Å². The maximum Gasteiger partial charge on any atom is 0.530 e. The van der Waals surface area contributed by atoms with Crippen molar-refractivity contribution in [2.75, 3.05) is 6.56 Å². The van der Waals surface area contributed by atoms with Gasteiger partial charge in [0.25, 0.3) is 5.56 Å². The number of fused-ring (bicyclic) bond motifs is 1. The molecular weight excluding hydrogens is 410 g/mol. The Morgan fingerprint density at radius 3 is 3.07 bits per heavy atom. The highest BCUT2D eigenvalue weighted by Crippen LogP contribution is 2.55. The van der Waals surface area contributed by atoms with Gasteiger partial charge in [0.2, 0.25) is 5.85 Å². The molecular formula is C17H18FN2O8P. The van der Waals surface area contributed by atoms with E-state index in [0.29, 0.717) is 10.1 Å². The van der Waals surface area contributed by atoms with Crippen molar-refractivity contribution in [3.63, 3.8) is 0 Å². The Morgan fingerprint density at radius 1 is 1.52 bits per heavy atom. The molecule has 1 saturated heterocycles. The smallest absolute Gasteiger partial charge is 0.404 e. The molecule has 0 radical (unpaired) electrons. The predicted molar refractivity (Wildman–Crippen MR) is 96.1 cm³/mol. The summed E-state index contributed by atoms with van der Waals surface area (Å²) < 4.78 is 72.9. The summed E-state index contributed by atoms with van der Waals surface area (Å²) in [6, 6.07) is 6.28. The molecule has 0 saturated carbocycles. The lowest BCUT2D eigenvalue weighted by Gasteiger charge is -2.27. The van der Waals surface area contributed by atoms with Crippen LogP contribution in [0.2, 0.25) is 0 Å². The molecule has 4 atom stereocenters. The lowest BCUT2D eigenvalue weighted by Crippen LogP contribution is -2.37. The summed E-state index contributed by atoms with van der Waals surface area (Å²) in [5.41, 5.74) is -1.50. The van der Waals surface area contributed by atoms with Crippen LogP contribution >= 0.6 is 7.82 Å². The number of aliphatic hydroxyl groups excluding tert-OH is 1. The molecule has 0 spiro atoms. The van der Waals surface area contributed by atoms with Gasteiger partial charge < -0.3 is 14.4 Å². The van der Waals surface area contributed by atoms with Crippen molar-refractivity contribution in [1.82, 2.24) is 9.55 Å². The largest absolute Gasteiger partial charge is 0.530 e. The second kappa shape index (κ2) is 7.19. The molecule has 0 bridgehead atoms. The van der Waals surface area contributed by atoms with Crippen molar-refractivity contribution >= 4 is 7.82 Å². The number of ether oxygens (including phenoxy) is 1. The Hall–Kier alpha value is -2.30. The minimum Gasteiger partial charge on any atom is -0.404 e. The average molecular weight is 431 g/mol. The van der Waals surface area contributed by atoms with Crippen LogP contribution in [0.1, 0.15) is 27.9 Å². The predicted octanol–water partition coefficient (Wildman–Crippen LogP) is 1.52. The highest BCUT2D eigenvalue weighted by molar-refractivity contribution is 7.49. The van der Waals surface area contributed by atoms with Gasteiger partial charge >= 0.3 is 13.5 Å². The fraction of sp³-hybridized carbons (Fsp3) is 0.412. The van der Waals surface area contributed by atoms with Crippen LogP contribution < -0.4 is 15.8 Å². The van der Waals surface area contributed by atoms with E-state index in [0.717, 1.165) is 6.20 Å². The number of alkyl halides is 1. The molecule has 2 N–H and O–H groups in total. The molecule has 2 aliphatic rings. The van der Waals surface area contributed by atoms with E-state index in [1.807, 2.05) is 4.98 Å². The zero-order valence-electron chi connectivity index (χ0n) is 18.0. The molecule has 0 aliphatic carbocycles. The summed E-state index contributed by atoms with van der Waals surface area (Å²) in [4.78, 5) is 25.6. The van der Waals surface area contributed by atoms with Crippen LogP contribution in [0, 0.1) is 6.92 Å². The first-order valence-corrected chi connectivity index (χ1v) is 9.88. The van der Waals surface area contributed by atoms with E-state index in [9.17, 15) is 19.3 Å². The van der Waals surface area contributed by atoms with E-state index in [1.165, 1.54) is 13.0 Å². The molecule has 3 heterocycles. The second-order valence-corrected chi connectivity index (χ2v) is 7.96. The van der Waals surface area contributed by atoms with Crippen molar-refractivity contribution in [2.24, 2.45) is 0 Å². The van der Waals surface area contributed by atoms with Crippen LogP contribution in [0.15, 0.2) is 40.1 Å². The number of aromatic nitrogens is 2. The second-order valence-electron chi connectivity index (χ2n) is 6.44. The number of phosphoric ester groups is 1. The number of benzene rings is 1. The Morgan fingerprint density at radius 2 is 2.28 bits per heavy atom. The van der Waals surface area contributed by atoms with Crippen LogP contribution in [0.3, 0.4) is 0 Å². The van der Waals surface area contributed by atoms with Gasteiger partial charge in [0.15, 0.2) is 6.20 Å². The third-order valence-electron chi connectivity index (χ3n) is 4.24. The molecule has 2 aromatic rings. The first kappa shape index (κ1) is 16.5. The number of nitrogens with zero attached hydrogens (tertiary/aromatic N) is 1. The molecule has 0 amide bonds. The first-order chi connectivity index (χ1) is 14.8. The summed E-state index contributed by atoms with van der Waals surface area (Å²) in [7, 11) is -4.67. The van der Waals surface area contributed by atoms with Gasteiger partial charge in [-0.25, -0.2) is 13.8 Å². The minimum atomic E-state index is -4.67. The van der Waals surface area contributed by atoms with Crippen molar-refractivity contribution in [1.29, 1.82) is 0 Å². The molecule has 2 aliphatic heterocycles. The van der Waals surface area contributed by atoms with E-state index in [2.05, 4.69) is 0 Å². The van der Waals surface area contributed by atoms with Crippen molar-refractivity contribution in [2.45, 2.75) is 38.1 Å². The number of nitrogens with one attached hydrogen (secondary N) is 1.